The molecule has 2 amide bonds. The summed E-state index contributed by atoms with van der Waals surface area (Å²) in [6.45, 7) is 0. The van der Waals surface area contributed by atoms with Gasteiger partial charge in [-0.25, -0.2) is 9.38 Å². The second-order valence-electron chi connectivity index (χ2n) is 5.82. The summed E-state index contributed by atoms with van der Waals surface area (Å²) in [6, 6.07) is 12.9. The van der Waals surface area contributed by atoms with Crippen LogP contribution in [0.2, 0.25) is 0 Å². The number of halogens is 1. The van der Waals surface area contributed by atoms with Crippen molar-refractivity contribution in [3.63, 3.8) is 0 Å². The smallest absolute Gasteiger partial charge is 0.238 e. The van der Waals surface area contributed by atoms with Crippen LogP contribution in [0.3, 0.4) is 0 Å². The molecule has 0 radical (unpaired) electrons. The molecule has 0 aliphatic carbocycles. The zero-order valence-corrected chi connectivity index (χ0v) is 15.6. The van der Waals surface area contributed by atoms with Crippen molar-refractivity contribution in [1.82, 2.24) is 4.90 Å². The Kier molecular flexibility index (Phi) is 5.75. The summed E-state index contributed by atoms with van der Waals surface area (Å²) in [6.07, 6.45) is 0.0169. The van der Waals surface area contributed by atoms with Gasteiger partial charge in [0.2, 0.25) is 11.8 Å². The molecule has 1 aliphatic rings. The Hall–Kier alpha value is -2.87. The average Bonchev–Trinajstić information content (AvgIpc) is 2.67. The lowest BCUT2D eigenvalue weighted by atomic mass is 10.2. The molecular weight excluding hydrogens is 369 g/mol. The molecule has 1 N–H and O–H groups in total. The Balaban J connectivity index is 1.78. The van der Waals surface area contributed by atoms with Gasteiger partial charge < -0.3 is 10.1 Å². The van der Waals surface area contributed by atoms with Crippen molar-refractivity contribution >= 4 is 40.1 Å². The summed E-state index contributed by atoms with van der Waals surface area (Å²) in [5.41, 5.74) is 0.719. The molecule has 2 aromatic rings. The van der Waals surface area contributed by atoms with Gasteiger partial charge in [0, 0.05) is 13.5 Å². The van der Waals surface area contributed by atoms with Gasteiger partial charge in [-0.3, -0.25) is 14.5 Å². The minimum absolute atomic E-state index is 0.0169. The van der Waals surface area contributed by atoms with Gasteiger partial charge in [-0.05, 0) is 36.4 Å². The predicted octanol–water partition coefficient (Wildman–Crippen LogP) is 3.42. The van der Waals surface area contributed by atoms with Crippen LogP contribution in [0.1, 0.15) is 6.42 Å². The van der Waals surface area contributed by atoms with Crippen LogP contribution >= 0.6 is 11.8 Å². The third kappa shape index (κ3) is 4.46. The zero-order chi connectivity index (χ0) is 19.4. The standard InChI is InChI=1S/C19H18FN3O3S/c1-23-17(24)11-16(18(25)22-15-6-4-3-5-14(15)20)27-19(23)21-12-7-9-13(26-2)10-8-12/h3-10,16H,11H2,1-2H3,(H,22,25)/t16-/m0/s1. The molecule has 0 spiro atoms. The number of ether oxygens (including phenoxy) is 1. The molecular formula is C19H18FN3O3S. The fourth-order valence-electron chi connectivity index (χ4n) is 2.44. The van der Waals surface area contributed by atoms with E-state index >= 15 is 0 Å². The highest BCUT2D eigenvalue weighted by Gasteiger charge is 2.34. The fraction of sp³-hybridized carbons (Fsp3) is 0.211. The number of amidine groups is 1. The lowest BCUT2D eigenvalue weighted by Gasteiger charge is -2.28. The van der Waals surface area contributed by atoms with E-state index in [1.165, 1.54) is 28.8 Å². The number of aliphatic imine (C=N–C) groups is 1. The normalized spacial score (nSPS) is 18.5. The first kappa shape index (κ1) is 18.9. The van der Waals surface area contributed by atoms with Gasteiger partial charge in [-0.15, -0.1) is 0 Å². The molecule has 3 rings (SSSR count). The van der Waals surface area contributed by atoms with Gasteiger partial charge in [0.15, 0.2) is 5.17 Å². The van der Waals surface area contributed by atoms with E-state index in [0.717, 1.165) is 0 Å². The minimum atomic E-state index is -0.690. The van der Waals surface area contributed by atoms with E-state index < -0.39 is 17.0 Å². The van der Waals surface area contributed by atoms with Crippen molar-refractivity contribution in [1.29, 1.82) is 0 Å². The van der Waals surface area contributed by atoms with Crippen molar-refractivity contribution in [2.45, 2.75) is 11.7 Å². The second-order valence-corrected chi connectivity index (χ2v) is 6.99. The Morgan fingerprint density at radius 1 is 1.26 bits per heavy atom. The number of thioether (sulfide) groups is 1. The number of para-hydroxylation sites is 1. The van der Waals surface area contributed by atoms with E-state index in [1.54, 1.807) is 50.6 Å². The van der Waals surface area contributed by atoms with Crippen LogP contribution in [0.5, 0.6) is 5.75 Å². The van der Waals surface area contributed by atoms with Crippen molar-refractivity contribution in [2.24, 2.45) is 4.99 Å². The molecule has 0 bridgehead atoms. The van der Waals surface area contributed by atoms with Crippen LogP contribution in [-0.4, -0.2) is 41.3 Å². The number of carbonyl (C=O) groups excluding carboxylic acids is 2. The molecule has 1 atom stereocenters. The number of rotatable bonds is 4. The topological polar surface area (TPSA) is 71.0 Å². The van der Waals surface area contributed by atoms with Crippen LogP contribution in [0.25, 0.3) is 0 Å². The zero-order valence-electron chi connectivity index (χ0n) is 14.8. The predicted molar refractivity (Wildman–Crippen MR) is 104 cm³/mol. The van der Waals surface area contributed by atoms with Gasteiger partial charge in [0.05, 0.1) is 18.5 Å². The van der Waals surface area contributed by atoms with Crippen molar-refractivity contribution < 1.29 is 18.7 Å². The van der Waals surface area contributed by atoms with Gasteiger partial charge in [0.1, 0.15) is 16.8 Å². The number of hydrogen-bond acceptors (Lipinski definition) is 5. The van der Waals surface area contributed by atoms with Crippen LogP contribution in [0.15, 0.2) is 53.5 Å². The minimum Gasteiger partial charge on any atom is -0.497 e. The maximum absolute atomic E-state index is 13.8. The largest absolute Gasteiger partial charge is 0.497 e. The molecule has 1 saturated heterocycles. The number of methoxy groups -OCH3 is 1. The van der Waals surface area contributed by atoms with E-state index in [9.17, 15) is 14.0 Å². The molecule has 140 valence electrons. The highest BCUT2D eigenvalue weighted by Crippen LogP contribution is 2.29. The summed E-state index contributed by atoms with van der Waals surface area (Å²) in [7, 11) is 3.19. The third-order valence-corrected chi connectivity index (χ3v) is 5.23. The molecule has 6 nitrogen and oxygen atoms in total. The summed E-state index contributed by atoms with van der Waals surface area (Å²) in [5.74, 6) is -0.493. The van der Waals surface area contributed by atoms with Crippen LogP contribution in [-0.2, 0) is 9.59 Å². The third-order valence-electron chi connectivity index (χ3n) is 3.99. The first-order valence-corrected chi connectivity index (χ1v) is 9.07. The molecule has 27 heavy (non-hydrogen) atoms. The molecule has 1 aliphatic heterocycles. The van der Waals surface area contributed by atoms with Crippen LogP contribution in [0.4, 0.5) is 15.8 Å². The maximum Gasteiger partial charge on any atom is 0.238 e. The number of nitrogens with one attached hydrogen (secondary N) is 1. The lowest BCUT2D eigenvalue weighted by Crippen LogP contribution is -2.43. The molecule has 1 fully saturated rings. The highest BCUT2D eigenvalue weighted by molar-refractivity contribution is 8.15. The van der Waals surface area contributed by atoms with Crippen molar-refractivity contribution in [3.8, 4) is 5.75 Å². The van der Waals surface area contributed by atoms with E-state index in [0.29, 0.717) is 16.6 Å². The first-order valence-electron chi connectivity index (χ1n) is 8.19. The molecule has 0 saturated carbocycles. The van der Waals surface area contributed by atoms with E-state index in [-0.39, 0.29) is 18.0 Å². The van der Waals surface area contributed by atoms with E-state index in [4.69, 9.17) is 4.74 Å². The molecule has 0 unspecified atom stereocenters. The van der Waals surface area contributed by atoms with Gasteiger partial charge in [0.25, 0.3) is 0 Å². The van der Waals surface area contributed by atoms with Gasteiger partial charge in [-0.2, -0.15) is 0 Å². The number of benzene rings is 2. The molecule has 1 heterocycles. The highest BCUT2D eigenvalue weighted by atomic mass is 32.2. The first-order chi connectivity index (χ1) is 13.0. The van der Waals surface area contributed by atoms with Gasteiger partial charge in [-0.1, -0.05) is 23.9 Å². The number of amides is 2. The second kappa shape index (κ2) is 8.22. The summed E-state index contributed by atoms with van der Waals surface area (Å²) >= 11 is 1.17. The quantitative estimate of drug-likeness (QED) is 0.873. The maximum atomic E-state index is 13.8. The summed E-state index contributed by atoms with van der Waals surface area (Å²) < 4.78 is 18.9. The average molecular weight is 387 g/mol. The Morgan fingerprint density at radius 2 is 1.96 bits per heavy atom. The number of carbonyl (C=O) groups is 2. The molecule has 2 aromatic carbocycles. The Morgan fingerprint density at radius 3 is 2.63 bits per heavy atom. The fourth-order valence-corrected chi connectivity index (χ4v) is 3.51. The molecule has 0 aromatic heterocycles. The van der Waals surface area contributed by atoms with Crippen molar-refractivity contribution in [3.05, 3.63) is 54.3 Å². The van der Waals surface area contributed by atoms with E-state index in [1.807, 2.05) is 0 Å². The number of hydrogen-bond donors (Lipinski definition) is 1. The molecule has 8 heteroatoms. The van der Waals surface area contributed by atoms with E-state index in [2.05, 4.69) is 10.3 Å². The summed E-state index contributed by atoms with van der Waals surface area (Å²) in [5, 5.41) is 2.26. The van der Waals surface area contributed by atoms with Gasteiger partial charge >= 0.3 is 0 Å². The summed E-state index contributed by atoms with van der Waals surface area (Å²) in [4.78, 5) is 30.7. The van der Waals surface area contributed by atoms with Crippen molar-refractivity contribution in [2.75, 3.05) is 19.5 Å². The SMILES string of the molecule is COc1ccc(N=C2S[C@H](C(=O)Nc3ccccc3F)CC(=O)N2C)cc1. The lowest BCUT2D eigenvalue weighted by molar-refractivity contribution is -0.128. The Bertz CT molecular complexity index is 886. The number of anilines is 1. The Labute approximate surface area is 160 Å². The monoisotopic (exact) mass is 387 g/mol. The van der Waals surface area contributed by atoms with Crippen LogP contribution in [0, 0.1) is 5.82 Å². The number of nitrogens with zero attached hydrogens (tertiary/aromatic N) is 2. The van der Waals surface area contributed by atoms with Crippen LogP contribution < -0.4 is 10.1 Å².